The van der Waals surface area contributed by atoms with Crippen LogP contribution < -0.4 is 9.47 Å². The normalized spacial score (nSPS) is 11.7. The molecule has 3 rings (SSSR count). The van der Waals surface area contributed by atoms with Crippen molar-refractivity contribution in [2.45, 2.75) is 5.92 Å². The second-order valence-electron chi connectivity index (χ2n) is 5.28. The van der Waals surface area contributed by atoms with Crippen LogP contribution in [0, 0.1) is 11.3 Å². The third kappa shape index (κ3) is 2.84. The maximum absolute atomic E-state index is 9.67. The van der Waals surface area contributed by atoms with E-state index in [0.717, 1.165) is 16.5 Å². The Balaban J connectivity index is 2.06. The Hall–Kier alpha value is -2.99. The molecule has 1 unspecified atom stereocenters. The number of rotatable bonds is 4. The van der Waals surface area contributed by atoms with Gasteiger partial charge in [-0.25, -0.2) is 0 Å². The van der Waals surface area contributed by atoms with E-state index in [9.17, 15) is 5.26 Å². The maximum Gasteiger partial charge on any atom is 0.161 e. The van der Waals surface area contributed by atoms with Crippen LogP contribution in [0.15, 0.2) is 60.7 Å². The smallest absolute Gasteiger partial charge is 0.161 e. The minimum absolute atomic E-state index is 0.348. The van der Waals surface area contributed by atoms with E-state index in [1.807, 2.05) is 36.4 Å². The van der Waals surface area contributed by atoms with Gasteiger partial charge in [0.05, 0.1) is 26.2 Å². The Kier molecular flexibility index (Phi) is 4.16. The van der Waals surface area contributed by atoms with Gasteiger partial charge in [-0.2, -0.15) is 5.26 Å². The molecule has 0 aliphatic rings. The highest BCUT2D eigenvalue weighted by Crippen LogP contribution is 2.33. The van der Waals surface area contributed by atoms with Gasteiger partial charge < -0.3 is 9.47 Å². The molecule has 3 nitrogen and oxygen atoms in total. The lowest BCUT2D eigenvalue weighted by Crippen LogP contribution is -2.00. The van der Waals surface area contributed by atoms with Crippen molar-refractivity contribution in [2.75, 3.05) is 14.2 Å². The monoisotopic (exact) mass is 303 g/mol. The van der Waals surface area contributed by atoms with Gasteiger partial charge in [-0.3, -0.25) is 0 Å². The Bertz CT molecular complexity index is 880. The molecule has 0 saturated heterocycles. The number of hydrogen-bond acceptors (Lipinski definition) is 3. The number of nitriles is 1. The van der Waals surface area contributed by atoms with Crippen LogP contribution in [0.5, 0.6) is 11.5 Å². The van der Waals surface area contributed by atoms with Crippen LogP contribution in [0.3, 0.4) is 0 Å². The molecule has 0 radical (unpaired) electrons. The summed E-state index contributed by atoms with van der Waals surface area (Å²) in [6.45, 7) is 0. The van der Waals surface area contributed by atoms with E-state index in [0.29, 0.717) is 11.5 Å². The van der Waals surface area contributed by atoms with Crippen molar-refractivity contribution in [3.8, 4) is 17.6 Å². The van der Waals surface area contributed by atoms with Crippen LogP contribution in [0.25, 0.3) is 10.8 Å². The van der Waals surface area contributed by atoms with Crippen molar-refractivity contribution in [3.63, 3.8) is 0 Å². The lowest BCUT2D eigenvalue weighted by atomic mass is 9.91. The molecule has 3 aromatic rings. The van der Waals surface area contributed by atoms with Crippen molar-refractivity contribution in [2.24, 2.45) is 0 Å². The largest absolute Gasteiger partial charge is 0.493 e. The Morgan fingerprint density at radius 2 is 1.43 bits per heavy atom. The van der Waals surface area contributed by atoms with Crippen LogP contribution in [-0.2, 0) is 0 Å². The number of benzene rings is 3. The Morgan fingerprint density at radius 1 is 0.783 bits per heavy atom. The second-order valence-corrected chi connectivity index (χ2v) is 5.28. The summed E-state index contributed by atoms with van der Waals surface area (Å²) < 4.78 is 10.6. The molecule has 0 fully saturated rings. The molecule has 0 spiro atoms. The zero-order chi connectivity index (χ0) is 16.2. The summed E-state index contributed by atoms with van der Waals surface area (Å²) in [5.41, 5.74) is 1.86. The van der Waals surface area contributed by atoms with Crippen LogP contribution in [0.2, 0.25) is 0 Å². The van der Waals surface area contributed by atoms with Gasteiger partial charge in [-0.15, -0.1) is 0 Å². The van der Waals surface area contributed by atoms with Crippen molar-refractivity contribution in [1.82, 2.24) is 0 Å². The van der Waals surface area contributed by atoms with Crippen LogP contribution in [0.4, 0.5) is 0 Å². The summed E-state index contributed by atoms with van der Waals surface area (Å²) in [4.78, 5) is 0. The van der Waals surface area contributed by atoms with Gasteiger partial charge in [0.15, 0.2) is 11.5 Å². The molecule has 0 aliphatic heterocycles. The summed E-state index contributed by atoms with van der Waals surface area (Å²) in [6.07, 6.45) is 0. The fraction of sp³-hybridized carbons (Fsp3) is 0.150. The Morgan fingerprint density at radius 3 is 2.13 bits per heavy atom. The number of ether oxygens (including phenoxy) is 2. The van der Waals surface area contributed by atoms with Gasteiger partial charge in [-0.05, 0) is 40.1 Å². The second kappa shape index (κ2) is 6.41. The van der Waals surface area contributed by atoms with E-state index < -0.39 is 0 Å². The molecule has 3 heteroatoms. The van der Waals surface area contributed by atoms with Crippen molar-refractivity contribution in [3.05, 3.63) is 71.8 Å². The lowest BCUT2D eigenvalue weighted by Gasteiger charge is -2.14. The molecule has 114 valence electrons. The number of nitrogens with zero attached hydrogens (tertiary/aromatic N) is 1. The van der Waals surface area contributed by atoms with Crippen LogP contribution >= 0.6 is 0 Å². The fourth-order valence-corrected chi connectivity index (χ4v) is 2.76. The standard InChI is InChI=1S/C20H17NO2/c1-22-19-10-9-17(12-20(19)23-2)18(13-21)16-8-7-14-5-3-4-6-15(14)11-16/h3-12,18H,1-2H3. The molecule has 0 heterocycles. The first-order chi connectivity index (χ1) is 11.3. The highest BCUT2D eigenvalue weighted by molar-refractivity contribution is 5.83. The summed E-state index contributed by atoms with van der Waals surface area (Å²) >= 11 is 0. The van der Waals surface area contributed by atoms with E-state index in [2.05, 4.69) is 30.3 Å². The van der Waals surface area contributed by atoms with Crippen molar-refractivity contribution < 1.29 is 9.47 Å². The molecule has 3 aromatic carbocycles. The molecule has 0 amide bonds. The fourth-order valence-electron chi connectivity index (χ4n) is 2.76. The SMILES string of the molecule is COc1ccc(C(C#N)c2ccc3ccccc3c2)cc1OC. The molecule has 0 aromatic heterocycles. The Labute approximate surface area is 135 Å². The third-order valence-corrected chi connectivity index (χ3v) is 3.98. The minimum atomic E-state index is -0.348. The minimum Gasteiger partial charge on any atom is -0.493 e. The van der Waals surface area contributed by atoms with E-state index >= 15 is 0 Å². The molecule has 0 aliphatic carbocycles. The molecular formula is C20H17NO2. The number of hydrogen-bond donors (Lipinski definition) is 0. The lowest BCUT2D eigenvalue weighted by molar-refractivity contribution is 0.354. The predicted octanol–water partition coefficient (Wildman–Crippen LogP) is 4.51. The number of methoxy groups -OCH3 is 2. The van der Waals surface area contributed by atoms with Gasteiger partial charge in [0.2, 0.25) is 0 Å². The topological polar surface area (TPSA) is 42.2 Å². The van der Waals surface area contributed by atoms with Gasteiger partial charge in [0, 0.05) is 0 Å². The highest BCUT2D eigenvalue weighted by atomic mass is 16.5. The molecule has 0 bridgehead atoms. The van der Waals surface area contributed by atoms with Crippen LogP contribution in [0.1, 0.15) is 17.0 Å². The third-order valence-electron chi connectivity index (χ3n) is 3.98. The van der Waals surface area contributed by atoms with Gasteiger partial charge >= 0.3 is 0 Å². The maximum atomic E-state index is 9.67. The van der Waals surface area contributed by atoms with Crippen molar-refractivity contribution >= 4 is 10.8 Å². The average molecular weight is 303 g/mol. The first kappa shape index (κ1) is 14.9. The van der Waals surface area contributed by atoms with Crippen LogP contribution in [-0.4, -0.2) is 14.2 Å². The zero-order valence-corrected chi connectivity index (χ0v) is 13.1. The summed E-state index contributed by atoms with van der Waals surface area (Å²) in [7, 11) is 3.20. The molecule has 0 saturated carbocycles. The van der Waals surface area contributed by atoms with Crippen molar-refractivity contribution in [1.29, 1.82) is 5.26 Å². The van der Waals surface area contributed by atoms with Gasteiger partial charge in [0.1, 0.15) is 0 Å². The van der Waals surface area contributed by atoms with Gasteiger partial charge in [0.25, 0.3) is 0 Å². The van der Waals surface area contributed by atoms with E-state index in [1.165, 1.54) is 5.39 Å². The first-order valence-electron chi connectivity index (χ1n) is 7.37. The molecule has 23 heavy (non-hydrogen) atoms. The van der Waals surface area contributed by atoms with E-state index in [-0.39, 0.29) is 5.92 Å². The quantitative estimate of drug-likeness (QED) is 0.712. The number of fused-ring (bicyclic) bond motifs is 1. The highest BCUT2D eigenvalue weighted by Gasteiger charge is 2.16. The van der Waals surface area contributed by atoms with Gasteiger partial charge in [-0.1, -0.05) is 42.5 Å². The molecule has 0 N–H and O–H groups in total. The summed E-state index contributed by atoms with van der Waals surface area (Å²) in [5, 5.41) is 12.0. The first-order valence-corrected chi connectivity index (χ1v) is 7.37. The zero-order valence-electron chi connectivity index (χ0n) is 13.1. The molecular weight excluding hydrogens is 286 g/mol. The average Bonchev–Trinajstić information content (AvgIpc) is 2.62. The van der Waals surface area contributed by atoms with E-state index in [4.69, 9.17) is 9.47 Å². The van der Waals surface area contributed by atoms with E-state index in [1.54, 1.807) is 14.2 Å². The summed E-state index contributed by atoms with van der Waals surface area (Å²) in [6, 6.07) is 22.3. The summed E-state index contributed by atoms with van der Waals surface area (Å²) in [5.74, 6) is 0.942. The predicted molar refractivity (Wildman–Crippen MR) is 91.0 cm³/mol. The molecule has 1 atom stereocenters.